The predicted octanol–water partition coefficient (Wildman–Crippen LogP) is 3.72. The van der Waals surface area contributed by atoms with E-state index in [0.717, 1.165) is 17.7 Å². The molecule has 0 saturated heterocycles. The average molecular weight is 298 g/mol. The van der Waals surface area contributed by atoms with Gasteiger partial charge in [-0.05, 0) is 31.0 Å². The summed E-state index contributed by atoms with van der Waals surface area (Å²) in [5.41, 5.74) is 3.12. The fourth-order valence-electron chi connectivity index (χ4n) is 1.95. The van der Waals surface area contributed by atoms with Crippen molar-refractivity contribution in [2.45, 2.75) is 20.0 Å². The van der Waals surface area contributed by atoms with Crippen molar-refractivity contribution in [2.75, 3.05) is 18.5 Å². The number of ether oxygens (including phenoxy) is 1. The van der Waals surface area contributed by atoms with Gasteiger partial charge in [-0.15, -0.1) is 0 Å². The molecular formula is C18H22N2O2. The maximum absolute atomic E-state index is 11.7. The summed E-state index contributed by atoms with van der Waals surface area (Å²) < 4.78 is 5.56. The highest BCUT2D eigenvalue weighted by Gasteiger charge is 2.00. The van der Waals surface area contributed by atoms with E-state index in [-0.39, 0.29) is 6.03 Å². The molecule has 2 amide bonds. The van der Waals surface area contributed by atoms with Crippen LogP contribution in [0.5, 0.6) is 0 Å². The molecule has 0 aliphatic rings. The van der Waals surface area contributed by atoms with Crippen LogP contribution in [0.4, 0.5) is 10.5 Å². The number of urea groups is 1. The minimum atomic E-state index is -0.188. The van der Waals surface area contributed by atoms with Gasteiger partial charge < -0.3 is 15.4 Å². The first kappa shape index (κ1) is 16.0. The molecule has 0 atom stereocenters. The normalized spacial score (nSPS) is 10.2. The fraction of sp³-hybridized carbons (Fsp3) is 0.278. The number of carbonyl (C=O) groups is 1. The summed E-state index contributed by atoms with van der Waals surface area (Å²) in [4.78, 5) is 11.7. The molecule has 0 spiro atoms. The Morgan fingerprint density at radius 1 is 1.05 bits per heavy atom. The molecule has 0 aliphatic heterocycles. The van der Waals surface area contributed by atoms with Crippen molar-refractivity contribution < 1.29 is 9.53 Å². The lowest BCUT2D eigenvalue weighted by atomic mass is 10.2. The second-order valence-corrected chi connectivity index (χ2v) is 5.14. The van der Waals surface area contributed by atoms with Crippen LogP contribution in [0.3, 0.4) is 0 Å². The Balaban J connectivity index is 1.54. The molecule has 0 bridgehead atoms. The summed E-state index contributed by atoms with van der Waals surface area (Å²) in [5, 5.41) is 5.61. The molecule has 0 heterocycles. The quantitative estimate of drug-likeness (QED) is 0.765. The van der Waals surface area contributed by atoms with E-state index >= 15 is 0 Å². The van der Waals surface area contributed by atoms with Crippen LogP contribution >= 0.6 is 0 Å². The van der Waals surface area contributed by atoms with Gasteiger partial charge in [0.25, 0.3) is 0 Å². The number of benzene rings is 2. The molecule has 2 aromatic carbocycles. The van der Waals surface area contributed by atoms with Crippen LogP contribution in [0.25, 0.3) is 0 Å². The van der Waals surface area contributed by atoms with Crippen LogP contribution in [-0.2, 0) is 11.3 Å². The molecule has 4 heteroatoms. The molecule has 2 N–H and O–H groups in total. The molecule has 0 unspecified atom stereocenters. The topological polar surface area (TPSA) is 50.4 Å². The predicted molar refractivity (Wildman–Crippen MR) is 88.9 cm³/mol. The molecule has 0 saturated carbocycles. The average Bonchev–Trinajstić information content (AvgIpc) is 2.54. The zero-order valence-electron chi connectivity index (χ0n) is 12.8. The summed E-state index contributed by atoms with van der Waals surface area (Å²) in [5.74, 6) is 0. The third kappa shape index (κ3) is 5.97. The van der Waals surface area contributed by atoms with Crippen molar-refractivity contribution in [3.63, 3.8) is 0 Å². The smallest absolute Gasteiger partial charge is 0.319 e. The number of aryl methyl sites for hydroxylation is 1. The third-order valence-corrected chi connectivity index (χ3v) is 3.17. The molecule has 116 valence electrons. The minimum Gasteiger partial charge on any atom is -0.377 e. The van der Waals surface area contributed by atoms with Gasteiger partial charge in [-0.3, -0.25) is 0 Å². The van der Waals surface area contributed by atoms with Crippen LogP contribution in [0, 0.1) is 6.92 Å². The first-order chi connectivity index (χ1) is 10.7. The Morgan fingerprint density at radius 2 is 1.77 bits per heavy atom. The van der Waals surface area contributed by atoms with Gasteiger partial charge in [0, 0.05) is 18.8 Å². The lowest BCUT2D eigenvalue weighted by Crippen LogP contribution is -2.30. The Bertz CT molecular complexity index is 567. The summed E-state index contributed by atoms with van der Waals surface area (Å²) in [6.45, 7) is 3.84. The van der Waals surface area contributed by atoms with Crippen LogP contribution in [0.1, 0.15) is 17.5 Å². The van der Waals surface area contributed by atoms with Gasteiger partial charge in [0.1, 0.15) is 0 Å². The minimum absolute atomic E-state index is 0.188. The van der Waals surface area contributed by atoms with E-state index < -0.39 is 0 Å². The first-order valence-corrected chi connectivity index (χ1v) is 7.47. The van der Waals surface area contributed by atoms with Gasteiger partial charge in [-0.25, -0.2) is 4.79 Å². The molecule has 0 radical (unpaired) electrons. The lowest BCUT2D eigenvalue weighted by molar-refractivity contribution is 0.119. The van der Waals surface area contributed by atoms with E-state index in [1.165, 1.54) is 5.56 Å². The van der Waals surface area contributed by atoms with Gasteiger partial charge >= 0.3 is 6.03 Å². The summed E-state index contributed by atoms with van der Waals surface area (Å²) in [7, 11) is 0. The number of nitrogens with one attached hydrogen (secondary N) is 2. The van der Waals surface area contributed by atoms with Gasteiger partial charge in [0.15, 0.2) is 0 Å². The van der Waals surface area contributed by atoms with E-state index in [4.69, 9.17) is 4.74 Å². The maximum Gasteiger partial charge on any atom is 0.319 e. The second kappa shape index (κ2) is 8.85. The number of carbonyl (C=O) groups excluding carboxylic acids is 1. The highest BCUT2D eigenvalue weighted by atomic mass is 16.5. The summed E-state index contributed by atoms with van der Waals surface area (Å²) >= 11 is 0. The summed E-state index contributed by atoms with van der Waals surface area (Å²) in [6, 6.07) is 17.6. The molecular weight excluding hydrogens is 276 g/mol. The molecule has 0 aromatic heterocycles. The third-order valence-electron chi connectivity index (χ3n) is 3.17. The number of rotatable bonds is 7. The highest BCUT2D eigenvalue weighted by molar-refractivity contribution is 5.89. The first-order valence-electron chi connectivity index (χ1n) is 7.47. The highest BCUT2D eigenvalue weighted by Crippen LogP contribution is 2.08. The van der Waals surface area contributed by atoms with Crippen molar-refractivity contribution in [3.8, 4) is 0 Å². The molecule has 0 fully saturated rings. The van der Waals surface area contributed by atoms with Gasteiger partial charge in [-0.1, -0.05) is 48.0 Å². The van der Waals surface area contributed by atoms with Crippen molar-refractivity contribution in [1.82, 2.24) is 5.32 Å². The number of hydrogen-bond acceptors (Lipinski definition) is 2. The number of anilines is 1. The van der Waals surface area contributed by atoms with Crippen molar-refractivity contribution in [1.29, 1.82) is 0 Å². The van der Waals surface area contributed by atoms with Crippen molar-refractivity contribution >= 4 is 11.7 Å². The summed E-state index contributed by atoms with van der Waals surface area (Å²) in [6.07, 6.45) is 0.786. The van der Waals surface area contributed by atoms with Crippen LogP contribution in [0.2, 0.25) is 0 Å². The van der Waals surface area contributed by atoms with Crippen LogP contribution < -0.4 is 10.6 Å². The van der Waals surface area contributed by atoms with E-state index in [1.54, 1.807) is 0 Å². The standard InChI is InChI=1S/C18H22N2O2/c1-15-8-10-17(11-9-15)20-18(21)19-12-5-13-22-14-16-6-3-2-4-7-16/h2-4,6-11H,5,12-14H2,1H3,(H2,19,20,21). The SMILES string of the molecule is Cc1ccc(NC(=O)NCCCOCc2ccccc2)cc1. The Morgan fingerprint density at radius 3 is 2.50 bits per heavy atom. The van der Waals surface area contributed by atoms with Gasteiger partial charge in [0.05, 0.1) is 6.61 Å². The van der Waals surface area contributed by atoms with Gasteiger partial charge in [-0.2, -0.15) is 0 Å². The Hall–Kier alpha value is -2.33. The van der Waals surface area contributed by atoms with Gasteiger partial charge in [0.2, 0.25) is 0 Å². The van der Waals surface area contributed by atoms with E-state index in [2.05, 4.69) is 10.6 Å². The maximum atomic E-state index is 11.7. The van der Waals surface area contributed by atoms with Crippen molar-refractivity contribution in [2.24, 2.45) is 0 Å². The molecule has 2 rings (SSSR count). The lowest BCUT2D eigenvalue weighted by Gasteiger charge is -2.08. The Kier molecular flexibility index (Phi) is 6.45. The zero-order chi connectivity index (χ0) is 15.6. The Labute approximate surface area is 131 Å². The number of hydrogen-bond donors (Lipinski definition) is 2. The molecule has 22 heavy (non-hydrogen) atoms. The molecule has 4 nitrogen and oxygen atoms in total. The fourth-order valence-corrected chi connectivity index (χ4v) is 1.95. The van der Waals surface area contributed by atoms with E-state index in [1.807, 2.05) is 61.5 Å². The van der Waals surface area contributed by atoms with E-state index in [9.17, 15) is 4.79 Å². The van der Waals surface area contributed by atoms with Crippen LogP contribution in [0.15, 0.2) is 54.6 Å². The zero-order valence-corrected chi connectivity index (χ0v) is 12.8. The van der Waals surface area contributed by atoms with Crippen LogP contribution in [-0.4, -0.2) is 19.2 Å². The molecule has 0 aliphatic carbocycles. The monoisotopic (exact) mass is 298 g/mol. The number of amides is 2. The largest absolute Gasteiger partial charge is 0.377 e. The van der Waals surface area contributed by atoms with Crippen molar-refractivity contribution in [3.05, 3.63) is 65.7 Å². The second-order valence-electron chi connectivity index (χ2n) is 5.14. The molecule has 2 aromatic rings. The van der Waals surface area contributed by atoms with E-state index in [0.29, 0.717) is 19.8 Å².